The van der Waals surface area contributed by atoms with Crippen LogP contribution in [0.3, 0.4) is 0 Å². The summed E-state index contributed by atoms with van der Waals surface area (Å²) in [4.78, 5) is 43.5. The average molecular weight is 418 g/mol. The zero-order valence-electron chi connectivity index (χ0n) is 18.2. The first-order valence-corrected chi connectivity index (χ1v) is 10.6. The Morgan fingerprint density at radius 1 is 1.27 bits per heavy atom. The summed E-state index contributed by atoms with van der Waals surface area (Å²) in [5, 5.41) is 7.00. The Kier molecular flexibility index (Phi) is 8.53. The van der Waals surface area contributed by atoms with Gasteiger partial charge in [-0.05, 0) is 32.6 Å². The number of pyridine rings is 2. The minimum atomic E-state index is -0.646. The van der Waals surface area contributed by atoms with Crippen LogP contribution in [0.1, 0.15) is 73.2 Å². The number of carbonyl (C=O) groups excluding carboxylic acids is 2. The summed E-state index contributed by atoms with van der Waals surface area (Å²) in [5.74, 6) is -0.646. The molecule has 8 heteroatoms. The van der Waals surface area contributed by atoms with Crippen LogP contribution in [0, 0.1) is 0 Å². The van der Waals surface area contributed by atoms with Crippen molar-refractivity contribution in [1.29, 1.82) is 0 Å². The molecule has 2 fully saturated rings. The van der Waals surface area contributed by atoms with E-state index >= 15 is 0 Å². The van der Waals surface area contributed by atoms with Crippen molar-refractivity contribution in [3.8, 4) is 0 Å². The first-order valence-electron chi connectivity index (χ1n) is 10.6. The van der Waals surface area contributed by atoms with Crippen molar-refractivity contribution in [2.75, 3.05) is 31.7 Å². The fourth-order valence-electron chi connectivity index (χ4n) is 3.64. The molecule has 0 bridgehead atoms. The first-order chi connectivity index (χ1) is 14.7. The van der Waals surface area contributed by atoms with Gasteiger partial charge in [-0.3, -0.25) is 9.59 Å². The Morgan fingerprint density at radius 3 is 2.43 bits per heavy atom. The largest absolute Gasteiger partial charge is 0.462 e. The molecular formula is C22H31N3O5. The lowest BCUT2D eigenvalue weighted by atomic mass is 10.1. The summed E-state index contributed by atoms with van der Waals surface area (Å²) in [6, 6.07) is 0.181. The van der Waals surface area contributed by atoms with E-state index in [1.165, 1.54) is 0 Å². The molecule has 30 heavy (non-hydrogen) atoms. The maximum Gasteiger partial charge on any atom is 0.343 e. The van der Waals surface area contributed by atoms with E-state index < -0.39 is 11.4 Å². The van der Waals surface area contributed by atoms with Crippen molar-refractivity contribution in [3.05, 3.63) is 33.7 Å². The van der Waals surface area contributed by atoms with Crippen LogP contribution in [0.5, 0.6) is 0 Å². The second-order valence-corrected chi connectivity index (χ2v) is 6.80. The normalized spacial score (nSPS) is 15.0. The van der Waals surface area contributed by atoms with Crippen LogP contribution in [0.25, 0.3) is 11.0 Å². The number of anilines is 1. The third-order valence-electron chi connectivity index (χ3n) is 5.06. The fraction of sp³-hybridized carbons (Fsp3) is 0.545. The number of aliphatic hydroxyl groups is 1. The van der Waals surface area contributed by atoms with Crippen LogP contribution in [-0.2, 0) is 4.74 Å². The number of aromatic nitrogens is 2. The summed E-state index contributed by atoms with van der Waals surface area (Å²) in [7, 11) is 1.00. The van der Waals surface area contributed by atoms with E-state index in [1.54, 1.807) is 19.3 Å². The number of hydrogen-bond donors (Lipinski definition) is 1. The Balaban J connectivity index is 0.000000757. The van der Waals surface area contributed by atoms with Gasteiger partial charge in [0.25, 0.3) is 0 Å². The highest BCUT2D eigenvalue weighted by molar-refractivity contribution is 6.02. The monoisotopic (exact) mass is 417 g/mol. The maximum atomic E-state index is 12.8. The van der Waals surface area contributed by atoms with Crippen LogP contribution < -0.4 is 10.3 Å². The summed E-state index contributed by atoms with van der Waals surface area (Å²) >= 11 is 0. The van der Waals surface area contributed by atoms with Crippen molar-refractivity contribution in [1.82, 2.24) is 9.55 Å². The topological polar surface area (TPSA) is 102 Å². The van der Waals surface area contributed by atoms with Gasteiger partial charge in [0.2, 0.25) is 5.43 Å². The van der Waals surface area contributed by atoms with E-state index in [2.05, 4.69) is 9.88 Å². The standard InChI is InChI=1S/C19H21N3O4.C2H6.CH4O/c1-2-26-19(25)13-10-22(12-5-6-12)17-14(11-23)15(21-7-3-4-8-21)9-20-16(17)18(13)24;2*1-2/h9-12H,2-8H2,1H3;1-2H3;2H,1H3. The van der Waals surface area contributed by atoms with Gasteiger partial charge in [0, 0.05) is 32.4 Å². The van der Waals surface area contributed by atoms with E-state index in [0.29, 0.717) is 11.1 Å². The minimum absolute atomic E-state index is 0.0236. The fourth-order valence-corrected chi connectivity index (χ4v) is 3.64. The van der Waals surface area contributed by atoms with Crippen LogP contribution in [0.2, 0.25) is 0 Å². The molecule has 2 aliphatic rings. The van der Waals surface area contributed by atoms with Crippen molar-refractivity contribution >= 4 is 29.0 Å². The molecule has 1 saturated carbocycles. The van der Waals surface area contributed by atoms with Crippen molar-refractivity contribution < 1.29 is 19.4 Å². The van der Waals surface area contributed by atoms with E-state index in [1.807, 2.05) is 18.4 Å². The summed E-state index contributed by atoms with van der Waals surface area (Å²) in [6.45, 7) is 7.65. The number of aldehydes is 1. The summed E-state index contributed by atoms with van der Waals surface area (Å²) in [5.41, 5.74) is 1.44. The Hall–Kier alpha value is -2.74. The molecule has 3 heterocycles. The Bertz CT molecular complexity index is 944. The quantitative estimate of drug-likeness (QED) is 0.589. The van der Waals surface area contributed by atoms with Crippen LogP contribution in [0.15, 0.2) is 17.2 Å². The van der Waals surface area contributed by atoms with Gasteiger partial charge in [0.05, 0.1) is 29.6 Å². The highest BCUT2D eigenvalue weighted by Crippen LogP contribution is 2.38. The van der Waals surface area contributed by atoms with Crippen molar-refractivity contribution in [3.63, 3.8) is 0 Å². The molecule has 0 amide bonds. The van der Waals surface area contributed by atoms with Crippen molar-refractivity contribution in [2.45, 2.75) is 52.5 Å². The van der Waals surface area contributed by atoms with Gasteiger partial charge in [-0.2, -0.15) is 0 Å². The number of nitrogens with zero attached hydrogens (tertiary/aromatic N) is 3. The van der Waals surface area contributed by atoms with Crippen LogP contribution >= 0.6 is 0 Å². The maximum absolute atomic E-state index is 12.8. The second kappa shape index (κ2) is 10.9. The SMILES string of the molecule is CC.CCOC(=O)c1cn(C2CC2)c2c(C=O)c(N3CCCC3)cnc2c1=O.CO. The number of hydrogen-bond acceptors (Lipinski definition) is 7. The molecule has 1 aliphatic carbocycles. The summed E-state index contributed by atoms with van der Waals surface area (Å²) in [6.07, 6.45) is 7.99. The van der Waals surface area contributed by atoms with Gasteiger partial charge in [-0.1, -0.05) is 13.8 Å². The molecule has 0 spiro atoms. The lowest BCUT2D eigenvalue weighted by Crippen LogP contribution is -2.24. The van der Waals surface area contributed by atoms with E-state index in [-0.39, 0.29) is 23.7 Å². The zero-order chi connectivity index (χ0) is 22.3. The van der Waals surface area contributed by atoms with Gasteiger partial charge in [-0.25, -0.2) is 9.78 Å². The number of rotatable bonds is 5. The van der Waals surface area contributed by atoms with E-state index in [9.17, 15) is 14.4 Å². The molecule has 0 atom stereocenters. The van der Waals surface area contributed by atoms with E-state index in [0.717, 1.165) is 57.9 Å². The van der Waals surface area contributed by atoms with Gasteiger partial charge < -0.3 is 19.3 Å². The molecule has 2 aromatic rings. The predicted octanol–water partition coefficient (Wildman–Crippen LogP) is 2.96. The van der Waals surface area contributed by atoms with Crippen molar-refractivity contribution in [2.24, 2.45) is 0 Å². The van der Waals surface area contributed by atoms with Gasteiger partial charge in [0.15, 0.2) is 6.29 Å². The summed E-state index contributed by atoms with van der Waals surface area (Å²) < 4.78 is 6.89. The molecular weight excluding hydrogens is 386 g/mol. The number of aliphatic hydroxyl groups excluding tert-OH is 1. The second-order valence-electron chi connectivity index (χ2n) is 6.80. The van der Waals surface area contributed by atoms with Gasteiger partial charge in [0.1, 0.15) is 11.1 Å². The predicted molar refractivity (Wildman–Crippen MR) is 117 cm³/mol. The minimum Gasteiger partial charge on any atom is -0.462 e. The smallest absolute Gasteiger partial charge is 0.343 e. The zero-order valence-corrected chi connectivity index (χ0v) is 18.2. The van der Waals surface area contributed by atoms with Crippen LogP contribution in [-0.4, -0.2) is 53.7 Å². The molecule has 4 rings (SSSR count). The Labute approximate surface area is 176 Å². The van der Waals surface area contributed by atoms with Crippen LogP contribution in [0.4, 0.5) is 5.69 Å². The molecule has 1 aliphatic heterocycles. The molecule has 8 nitrogen and oxygen atoms in total. The highest BCUT2D eigenvalue weighted by atomic mass is 16.5. The number of fused-ring (bicyclic) bond motifs is 1. The molecule has 164 valence electrons. The molecule has 0 radical (unpaired) electrons. The molecule has 0 aromatic carbocycles. The van der Waals surface area contributed by atoms with Gasteiger partial charge in [-0.15, -0.1) is 0 Å². The first kappa shape index (κ1) is 23.5. The molecule has 2 aromatic heterocycles. The highest BCUT2D eigenvalue weighted by Gasteiger charge is 2.30. The number of ether oxygens (including phenoxy) is 1. The number of carbonyl (C=O) groups is 2. The Morgan fingerprint density at radius 2 is 1.90 bits per heavy atom. The van der Waals surface area contributed by atoms with E-state index in [4.69, 9.17) is 9.84 Å². The third kappa shape index (κ3) is 4.53. The molecule has 1 saturated heterocycles. The lowest BCUT2D eigenvalue weighted by Gasteiger charge is -2.21. The lowest BCUT2D eigenvalue weighted by molar-refractivity contribution is 0.0524. The third-order valence-corrected chi connectivity index (χ3v) is 5.06. The van der Waals surface area contributed by atoms with Gasteiger partial charge >= 0.3 is 5.97 Å². The molecule has 1 N–H and O–H groups in total. The molecule has 0 unspecified atom stereocenters. The number of esters is 1. The average Bonchev–Trinajstić information content (AvgIpc) is 3.49.